The van der Waals surface area contributed by atoms with Crippen LogP contribution in [-0.4, -0.2) is 0 Å². The van der Waals surface area contributed by atoms with Crippen molar-refractivity contribution in [2.24, 2.45) is 0 Å². The Balaban J connectivity index is 2.41. The number of unbranched alkanes of at least 4 members (excludes halogenated alkanes) is 5. The Hall–Kier alpha value is 0.0400. The van der Waals surface area contributed by atoms with Gasteiger partial charge in [-0.2, -0.15) is 0 Å². The van der Waals surface area contributed by atoms with E-state index in [-0.39, 0.29) is 15.1 Å². The van der Waals surface area contributed by atoms with Crippen LogP contribution in [0.5, 0.6) is 0 Å². The molecule has 0 amide bonds. The molecule has 0 aromatic heterocycles. The molecule has 0 fully saturated rings. The monoisotopic (exact) mass is 396 g/mol. The molecule has 0 aliphatic carbocycles. The first-order valence-electron chi connectivity index (χ1n) is 6.84. The van der Waals surface area contributed by atoms with Crippen LogP contribution in [-0.2, 0) is 0 Å². The molecule has 0 spiro atoms. The van der Waals surface area contributed by atoms with Gasteiger partial charge >= 0.3 is 0 Å². The summed E-state index contributed by atoms with van der Waals surface area (Å²) in [4.78, 5) is -0.110. The van der Waals surface area contributed by atoms with Gasteiger partial charge in [-0.15, -0.1) is 0 Å². The SMILES string of the molecule is CCCCCCCCC(Br)c1cc(F)c(Br)cc1F. The fourth-order valence-electron chi connectivity index (χ4n) is 2.04. The van der Waals surface area contributed by atoms with Crippen LogP contribution in [0.25, 0.3) is 0 Å². The molecule has 0 aliphatic rings. The van der Waals surface area contributed by atoms with Crippen molar-refractivity contribution in [3.63, 3.8) is 0 Å². The minimum atomic E-state index is -0.413. The molecule has 0 N–H and O–H groups in total. The van der Waals surface area contributed by atoms with Crippen LogP contribution in [0.15, 0.2) is 16.6 Å². The zero-order chi connectivity index (χ0) is 14.3. The first-order chi connectivity index (χ1) is 9.06. The van der Waals surface area contributed by atoms with Gasteiger partial charge in [0, 0.05) is 10.4 Å². The number of alkyl halides is 1. The Morgan fingerprint density at radius 2 is 1.63 bits per heavy atom. The van der Waals surface area contributed by atoms with E-state index in [2.05, 4.69) is 38.8 Å². The Morgan fingerprint density at radius 3 is 2.32 bits per heavy atom. The summed E-state index contributed by atoms with van der Waals surface area (Å²) in [5.41, 5.74) is 0.411. The molecule has 0 heterocycles. The smallest absolute Gasteiger partial charge is 0.137 e. The third-order valence-corrected chi connectivity index (χ3v) is 4.75. The molecule has 0 bridgehead atoms. The lowest BCUT2D eigenvalue weighted by Gasteiger charge is -2.12. The van der Waals surface area contributed by atoms with Gasteiger partial charge < -0.3 is 0 Å². The van der Waals surface area contributed by atoms with E-state index in [1.165, 1.54) is 37.8 Å². The van der Waals surface area contributed by atoms with Gasteiger partial charge in [0.1, 0.15) is 11.6 Å². The maximum absolute atomic E-state index is 13.7. The Morgan fingerprint density at radius 1 is 1.00 bits per heavy atom. The number of benzene rings is 1. The summed E-state index contributed by atoms with van der Waals surface area (Å²) < 4.78 is 27.3. The van der Waals surface area contributed by atoms with E-state index >= 15 is 0 Å². The average Bonchev–Trinajstić information content (AvgIpc) is 2.37. The molecule has 19 heavy (non-hydrogen) atoms. The minimum Gasteiger partial charge on any atom is -0.207 e. The highest BCUT2D eigenvalue weighted by Gasteiger charge is 2.15. The average molecular weight is 398 g/mol. The Bertz CT molecular complexity index is 394. The zero-order valence-corrected chi connectivity index (χ0v) is 14.4. The quantitative estimate of drug-likeness (QED) is 0.254. The van der Waals surface area contributed by atoms with E-state index in [0.29, 0.717) is 5.56 Å². The van der Waals surface area contributed by atoms with Crippen LogP contribution < -0.4 is 0 Å². The highest BCUT2D eigenvalue weighted by molar-refractivity contribution is 9.10. The molecule has 1 rings (SSSR count). The molecular weight excluding hydrogens is 378 g/mol. The van der Waals surface area contributed by atoms with Crippen molar-refractivity contribution in [1.82, 2.24) is 0 Å². The number of rotatable bonds is 8. The first kappa shape index (κ1) is 17.1. The summed E-state index contributed by atoms with van der Waals surface area (Å²) in [6.07, 6.45) is 8.05. The Kier molecular flexibility index (Phi) is 8.15. The van der Waals surface area contributed by atoms with Gasteiger partial charge in [0.05, 0.1) is 4.47 Å². The summed E-state index contributed by atoms with van der Waals surface area (Å²) in [6, 6.07) is 2.47. The number of hydrogen-bond donors (Lipinski definition) is 0. The van der Waals surface area contributed by atoms with Crippen LogP contribution in [0.1, 0.15) is 62.3 Å². The second kappa shape index (κ2) is 9.06. The first-order valence-corrected chi connectivity index (χ1v) is 8.55. The van der Waals surface area contributed by atoms with Crippen LogP contribution in [0.3, 0.4) is 0 Å². The van der Waals surface area contributed by atoms with E-state index in [1.807, 2.05) is 0 Å². The Labute approximate surface area is 131 Å². The normalized spacial score (nSPS) is 12.7. The molecule has 0 saturated carbocycles. The van der Waals surface area contributed by atoms with Crippen molar-refractivity contribution in [3.05, 3.63) is 33.8 Å². The molecule has 0 saturated heterocycles. The zero-order valence-electron chi connectivity index (χ0n) is 11.2. The van der Waals surface area contributed by atoms with Gasteiger partial charge in [0.25, 0.3) is 0 Å². The molecule has 1 unspecified atom stereocenters. The third-order valence-electron chi connectivity index (χ3n) is 3.19. The number of hydrogen-bond acceptors (Lipinski definition) is 0. The molecule has 1 aromatic carbocycles. The van der Waals surface area contributed by atoms with Crippen molar-refractivity contribution in [1.29, 1.82) is 0 Å². The molecule has 0 aliphatic heterocycles. The van der Waals surface area contributed by atoms with Crippen molar-refractivity contribution in [2.75, 3.05) is 0 Å². The molecule has 108 valence electrons. The van der Waals surface area contributed by atoms with Gasteiger partial charge in [0.2, 0.25) is 0 Å². The van der Waals surface area contributed by atoms with Crippen LogP contribution in [0.2, 0.25) is 0 Å². The van der Waals surface area contributed by atoms with E-state index < -0.39 is 5.82 Å². The maximum Gasteiger partial charge on any atom is 0.137 e. The van der Waals surface area contributed by atoms with Crippen molar-refractivity contribution in [3.8, 4) is 0 Å². The lowest BCUT2D eigenvalue weighted by atomic mass is 10.0. The minimum absolute atomic E-state index is 0.110. The molecule has 4 heteroatoms. The molecule has 1 atom stereocenters. The summed E-state index contributed by atoms with van der Waals surface area (Å²) in [7, 11) is 0. The maximum atomic E-state index is 13.7. The van der Waals surface area contributed by atoms with Crippen LogP contribution >= 0.6 is 31.9 Å². The second-order valence-corrected chi connectivity index (χ2v) is 6.77. The standard InChI is InChI=1S/C15H20Br2F2/c1-2-3-4-5-6-7-8-12(16)11-9-15(19)13(17)10-14(11)18/h9-10,12H,2-8H2,1H3. The lowest BCUT2D eigenvalue weighted by molar-refractivity contribution is 0.559. The summed E-state index contributed by atoms with van der Waals surface area (Å²) in [5, 5.41) is 0. The van der Waals surface area contributed by atoms with Gasteiger partial charge in [-0.25, -0.2) is 8.78 Å². The fourth-order valence-corrected chi connectivity index (χ4v) is 3.03. The highest BCUT2D eigenvalue weighted by Crippen LogP contribution is 2.33. The number of halogens is 4. The van der Waals surface area contributed by atoms with E-state index in [9.17, 15) is 8.78 Å². The largest absolute Gasteiger partial charge is 0.207 e. The second-order valence-electron chi connectivity index (χ2n) is 4.81. The van der Waals surface area contributed by atoms with E-state index in [1.54, 1.807) is 0 Å². The van der Waals surface area contributed by atoms with Gasteiger partial charge in [0.15, 0.2) is 0 Å². The van der Waals surface area contributed by atoms with E-state index in [4.69, 9.17) is 0 Å². The molecule has 0 radical (unpaired) electrons. The predicted molar refractivity (Wildman–Crippen MR) is 83.7 cm³/mol. The van der Waals surface area contributed by atoms with Crippen molar-refractivity contribution >= 4 is 31.9 Å². The summed E-state index contributed by atoms with van der Waals surface area (Å²) in [6.45, 7) is 2.19. The van der Waals surface area contributed by atoms with Crippen molar-refractivity contribution < 1.29 is 8.78 Å². The van der Waals surface area contributed by atoms with Gasteiger partial charge in [-0.05, 0) is 34.5 Å². The lowest BCUT2D eigenvalue weighted by Crippen LogP contribution is -1.97. The third kappa shape index (κ3) is 5.90. The van der Waals surface area contributed by atoms with Crippen LogP contribution in [0.4, 0.5) is 8.78 Å². The predicted octanol–water partition coefficient (Wildman–Crippen LogP) is 6.91. The molecular formula is C15H20Br2F2. The summed E-state index contributed by atoms with van der Waals surface area (Å²) >= 11 is 6.44. The fraction of sp³-hybridized carbons (Fsp3) is 0.600. The topological polar surface area (TPSA) is 0 Å². The molecule has 1 aromatic rings. The van der Waals surface area contributed by atoms with E-state index in [0.717, 1.165) is 19.3 Å². The summed E-state index contributed by atoms with van der Waals surface area (Å²) in [5.74, 6) is -0.773. The van der Waals surface area contributed by atoms with Crippen molar-refractivity contribution in [2.45, 2.75) is 56.7 Å². The van der Waals surface area contributed by atoms with Gasteiger partial charge in [-0.3, -0.25) is 0 Å². The molecule has 0 nitrogen and oxygen atoms in total. The highest BCUT2D eigenvalue weighted by atomic mass is 79.9. The van der Waals surface area contributed by atoms with Crippen LogP contribution in [0, 0.1) is 11.6 Å². The van der Waals surface area contributed by atoms with Gasteiger partial charge in [-0.1, -0.05) is 61.4 Å².